The number of anilines is 2. The number of aromatic nitrogens is 2. The molecular weight excluding hydrogens is 352 g/mol. The molecule has 1 amide bonds. The molecule has 6 heteroatoms. The summed E-state index contributed by atoms with van der Waals surface area (Å²) < 4.78 is 0. The molecule has 3 rings (SSSR count). The number of carbonyl (C=O) groups excluding carboxylic acids is 1. The first-order valence-corrected chi connectivity index (χ1v) is 9.26. The van der Waals surface area contributed by atoms with Gasteiger partial charge in [-0.3, -0.25) is 9.59 Å². The number of rotatable bonds is 6. The minimum atomic E-state index is -0.173. The number of H-pyrrole nitrogens is 1. The van der Waals surface area contributed by atoms with Gasteiger partial charge in [-0.15, -0.1) is 0 Å². The highest BCUT2D eigenvalue weighted by Crippen LogP contribution is 2.19. The fraction of sp³-hybridized carbons (Fsp3) is 0.227. The van der Waals surface area contributed by atoms with Crippen molar-refractivity contribution >= 4 is 17.3 Å². The monoisotopic (exact) mass is 376 g/mol. The van der Waals surface area contributed by atoms with E-state index in [0.717, 1.165) is 28.2 Å². The lowest BCUT2D eigenvalue weighted by molar-refractivity contribution is -0.114. The number of amides is 1. The Morgan fingerprint density at radius 2 is 1.86 bits per heavy atom. The Morgan fingerprint density at radius 3 is 2.61 bits per heavy atom. The summed E-state index contributed by atoms with van der Waals surface area (Å²) in [7, 11) is 0. The van der Waals surface area contributed by atoms with Crippen molar-refractivity contribution in [2.24, 2.45) is 0 Å². The zero-order valence-corrected chi connectivity index (χ0v) is 16.3. The summed E-state index contributed by atoms with van der Waals surface area (Å²) in [5, 5.41) is 6.00. The van der Waals surface area contributed by atoms with Gasteiger partial charge in [0.15, 0.2) is 0 Å². The van der Waals surface area contributed by atoms with E-state index >= 15 is 0 Å². The van der Waals surface area contributed by atoms with Gasteiger partial charge in [0.25, 0.3) is 5.56 Å². The van der Waals surface area contributed by atoms with Gasteiger partial charge in [0.1, 0.15) is 5.82 Å². The van der Waals surface area contributed by atoms with Crippen molar-refractivity contribution in [1.82, 2.24) is 9.97 Å². The van der Waals surface area contributed by atoms with Gasteiger partial charge in [-0.2, -0.15) is 0 Å². The Bertz CT molecular complexity index is 1060. The van der Waals surface area contributed by atoms with Crippen LogP contribution in [0.3, 0.4) is 0 Å². The number of hydrogen-bond acceptors (Lipinski definition) is 4. The maximum absolute atomic E-state index is 12.2. The Labute approximate surface area is 164 Å². The summed E-state index contributed by atoms with van der Waals surface area (Å²) in [4.78, 5) is 31.3. The van der Waals surface area contributed by atoms with Crippen molar-refractivity contribution < 1.29 is 4.79 Å². The van der Waals surface area contributed by atoms with E-state index in [1.165, 1.54) is 11.6 Å². The van der Waals surface area contributed by atoms with Gasteiger partial charge in [-0.05, 0) is 55.7 Å². The van der Waals surface area contributed by atoms with Gasteiger partial charge < -0.3 is 15.6 Å². The summed E-state index contributed by atoms with van der Waals surface area (Å²) in [6.07, 6.45) is 0.688. The highest BCUT2D eigenvalue weighted by molar-refractivity contribution is 5.93. The van der Waals surface area contributed by atoms with Gasteiger partial charge >= 0.3 is 0 Å². The van der Waals surface area contributed by atoms with Crippen molar-refractivity contribution in [2.45, 2.75) is 27.2 Å². The zero-order valence-electron chi connectivity index (χ0n) is 16.3. The summed E-state index contributed by atoms with van der Waals surface area (Å²) in [6, 6.07) is 14.8. The lowest BCUT2D eigenvalue weighted by Crippen LogP contribution is -2.21. The van der Waals surface area contributed by atoms with Crippen LogP contribution in [0.1, 0.15) is 23.7 Å². The van der Waals surface area contributed by atoms with Crippen molar-refractivity contribution in [3.05, 3.63) is 75.7 Å². The largest absolute Gasteiger partial charge is 0.376 e. The fourth-order valence-electron chi connectivity index (χ4n) is 2.81. The van der Waals surface area contributed by atoms with E-state index in [9.17, 15) is 9.59 Å². The maximum Gasteiger partial charge on any atom is 0.251 e. The zero-order chi connectivity index (χ0) is 20.1. The highest BCUT2D eigenvalue weighted by Gasteiger charge is 2.07. The third-order valence-electron chi connectivity index (χ3n) is 4.54. The Kier molecular flexibility index (Phi) is 5.89. The topological polar surface area (TPSA) is 86.9 Å². The van der Waals surface area contributed by atoms with Gasteiger partial charge in [-0.1, -0.05) is 25.1 Å². The van der Waals surface area contributed by atoms with Gasteiger partial charge in [0, 0.05) is 28.7 Å². The van der Waals surface area contributed by atoms with Crippen LogP contribution < -0.4 is 16.2 Å². The van der Waals surface area contributed by atoms with Crippen LogP contribution in [-0.4, -0.2) is 22.4 Å². The average Bonchev–Trinajstić information content (AvgIpc) is 2.69. The molecule has 0 fully saturated rings. The molecule has 0 atom stereocenters. The quantitative estimate of drug-likeness (QED) is 0.613. The average molecular weight is 376 g/mol. The Hall–Kier alpha value is -3.41. The molecule has 6 nitrogen and oxygen atoms in total. The summed E-state index contributed by atoms with van der Waals surface area (Å²) in [6.45, 7) is 6.14. The van der Waals surface area contributed by atoms with Crippen LogP contribution in [0.2, 0.25) is 0 Å². The molecule has 0 saturated heterocycles. The predicted octanol–water partition coefficient (Wildman–Crippen LogP) is 3.67. The Balaban J connectivity index is 1.67. The van der Waals surface area contributed by atoms with Crippen LogP contribution in [0.25, 0.3) is 11.4 Å². The molecule has 0 aliphatic carbocycles. The SMILES string of the molecule is CCc1cc(=O)[nH]c(-c2cccc(NCC(=O)Nc3ccc(C)c(C)c3)c2)n1. The second kappa shape index (κ2) is 8.52. The molecule has 1 aromatic heterocycles. The minimum absolute atomic E-state index is 0.131. The number of carbonyl (C=O) groups is 1. The van der Waals surface area contributed by atoms with Crippen molar-refractivity contribution in [2.75, 3.05) is 17.2 Å². The van der Waals surface area contributed by atoms with Gasteiger partial charge in [0.05, 0.1) is 6.54 Å². The van der Waals surface area contributed by atoms with Crippen molar-refractivity contribution in [1.29, 1.82) is 0 Å². The van der Waals surface area contributed by atoms with Crippen molar-refractivity contribution in [3.63, 3.8) is 0 Å². The molecule has 144 valence electrons. The first-order valence-electron chi connectivity index (χ1n) is 9.26. The second-order valence-corrected chi connectivity index (χ2v) is 6.72. The van der Waals surface area contributed by atoms with Gasteiger partial charge in [-0.25, -0.2) is 4.98 Å². The molecule has 0 saturated carbocycles. The number of aromatic amines is 1. The Morgan fingerprint density at radius 1 is 1.04 bits per heavy atom. The van der Waals surface area contributed by atoms with E-state index in [4.69, 9.17) is 0 Å². The first kappa shape index (κ1) is 19.4. The number of benzene rings is 2. The first-order chi connectivity index (χ1) is 13.4. The van der Waals surface area contributed by atoms with Crippen LogP contribution >= 0.6 is 0 Å². The van der Waals surface area contributed by atoms with Crippen molar-refractivity contribution in [3.8, 4) is 11.4 Å². The molecule has 3 N–H and O–H groups in total. The van der Waals surface area contributed by atoms with E-state index in [0.29, 0.717) is 12.2 Å². The second-order valence-electron chi connectivity index (χ2n) is 6.72. The smallest absolute Gasteiger partial charge is 0.251 e. The van der Waals surface area contributed by atoms with Crippen LogP contribution in [0.5, 0.6) is 0 Å². The number of hydrogen-bond donors (Lipinski definition) is 3. The number of aryl methyl sites for hydroxylation is 3. The molecule has 0 aliphatic rings. The van der Waals surface area contributed by atoms with E-state index in [2.05, 4.69) is 20.6 Å². The van der Waals surface area contributed by atoms with Gasteiger partial charge in [0.2, 0.25) is 5.91 Å². The molecule has 3 aromatic rings. The molecule has 0 spiro atoms. The van der Waals surface area contributed by atoms with Crippen LogP contribution in [-0.2, 0) is 11.2 Å². The predicted molar refractivity (Wildman–Crippen MR) is 113 cm³/mol. The summed E-state index contributed by atoms with van der Waals surface area (Å²) >= 11 is 0. The van der Waals surface area contributed by atoms with E-state index in [-0.39, 0.29) is 18.0 Å². The third-order valence-corrected chi connectivity index (χ3v) is 4.54. The number of nitrogens with one attached hydrogen (secondary N) is 3. The third kappa shape index (κ3) is 4.85. The van der Waals surface area contributed by atoms with E-state index < -0.39 is 0 Å². The highest BCUT2D eigenvalue weighted by atomic mass is 16.2. The maximum atomic E-state index is 12.2. The number of nitrogens with zero attached hydrogens (tertiary/aromatic N) is 1. The fourth-order valence-corrected chi connectivity index (χ4v) is 2.81. The molecule has 2 aromatic carbocycles. The molecule has 28 heavy (non-hydrogen) atoms. The molecule has 0 radical (unpaired) electrons. The normalized spacial score (nSPS) is 10.5. The van der Waals surface area contributed by atoms with E-state index in [1.54, 1.807) is 0 Å². The van der Waals surface area contributed by atoms with Crippen LogP contribution in [0.15, 0.2) is 53.3 Å². The van der Waals surface area contributed by atoms with Crippen LogP contribution in [0.4, 0.5) is 11.4 Å². The lowest BCUT2D eigenvalue weighted by Gasteiger charge is -2.10. The summed E-state index contributed by atoms with van der Waals surface area (Å²) in [5.41, 5.74) is 5.23. The van der Waals surface area contributed by atoms with E-state index in [1.807, 2.05) is 63.2 Å². The molecule has 1 heterocycles. The standard InChI is InChI=1S/C22H24N4O2/c1-4-17-12-20(27)26-22(25-17)16-6-5-7-18(11-16)23-13-21(28)24-19-9-8-14(2)15(3)10-19/h5-12,23H,4,13H2,1-3H3,(H,24,28)(H,25,26,27). The summed E-state index contributed by atoms with van der Waals surface area (Å²) in [5.74, 6) is 0.390. The lowest BCUT2D eigenvalue weighted by atomic mass is 10.1. The molecular formula is C22H24N4O2. The molecule has 0 bridgehead atoms. The minimum Gasteiger partial charge on any atom is -0.376 e. The molecule has 0 aliphatic heterocycles. The molecule has 0 unspecified atom stereocenters. The van der Waals surface area contributed by atoms with Crippen LogP contribution in [0, 0.1) is 13.8 Å².